The molecular weight excluding hydrogens is 220 g/mol. The van der Waals surface area contributed by atoms with Gasteiger partial charge in [0.05, 0.1) is 11.7 Å². The van der Waals surface area contributed by atoms with Gasteiger partial charge < -0.3 is 0 Å². The molecule has 12 heavy (non-hydrogen) atoms. The van der Waals surface area contributed by atoms with Gasteiger partial charge in [0.2, 0.25) is 0 Å². The van der Waals surface area contributed by atoms with Gasteiger partial charge in [-0.1, -0.05) is 15.9 Å². The number of carbonyl (C=O) groups is 1. The summed E-state index contributed by atoms with van der Waals surface area (Å²) in [6, 6.07) is 5.48. The predicted octanol–water partition coefficient (Wildman–Crippen LogP) is 1.91. The lowest BCUT2D eigenvalue weighted by Gasteiger charge is -1.97. The number of aldehydes is 1. The van der Waals surface area contributed by atoms with E-state index in [0.717, 1.165) is 16.3 Å². The van der Waals surface area contributed by atoms with E-state index in [1.165, 1.54) is 0 Å². The van der Waals surface area contributed by atoms with Crippen molar-refractivity contribution < 1.29 is 4.79 Å². The smallest absolute Gasteiger partial charge is 0.168 e. The van der Waals surface area contributed by atoms with Crippen LogP contribution in [0.25, 0.3) is 5.52 Å². The lowest BCUT2D eigenvalue weighted by atomic mass is 10.3. The van der Waals surface area contributed by atoms with Crippen molar-refractivity contribution in [2.24, 2.45) is 0 Å². The minimum atomic E-state index is 0.546. The summed E-state index contributed by atoms with van der Waals surface area (Å²) in [5.74, 6) is 0. The molecule has 2 rings (SSSR count). The molecule has 0 aromatic carbocycles. The molecule has 0 N–H and O–H groups in total. The Morgan fingerprint density at radius 2 is 2.33 bits per heavy atom. The third-order valence-electron chi connectivity index (χ3n) is 1.61. The molecule has 2 heterocycles. The standard InChI is InChI=1S/C8H5BrN2O/c9-6-3-7-1-2-10-11(7)8(4-6)5-12/h1-5H. The summed E-state index contributed by atoms with van der Waals surface area (Å²) < 4.78 is 2.48. The Kier molecular flexibility index (Phi) is 1.69. The third kappa shape index (κ3) is 1.04. The van der Waals surface area contributed by atoms with E-state index >= 15 is 0 Å². The van der Waals surface area contributed by atoms with Gasteiger partial charge in [-0.3, -0.25) is 4.79 Å². The van der Waals surface area contributed by atoms with Crippen LogP contribution in [0.1, 0.15) is 10.5 Å². The fourth-order valence-electron chi connectivity index (χ4n) is 1.11. The van der Waals surface area contributed by atoms with Gasteiger partial charge >= 0.3 is 0 Å². The molecule has 0 aliphatic heterocycles. The molecule has 0 aliphatic carbocycles. The number of nitrogens with zero attached hydrogens (tertiary/aromatic N) is 2. The fraction of sp³-hybridized carbons (Fsp3) is 0. The van der Waals surface area contributed by atoms with E-state index in [2.05, 4.69) is 21.0 Å². The van der Waals surface area contributed by atoms with Crippen molar-refractivity contribution in [2.45, 2.75) is 0 Å². The largest absolute Gasteiger partial charge is 0.296 e. The summed E-state index contributed by atoms with van der Waals surface area (Å²) in [6.45, 7) is 0. The summed E-state index contributed by atoms with van der Waals surface area (Å²) in [4.78, 5) is 10.6. The number of rotatable bonds is 1. The van der Waals surface area contributed by atoms with Crippen LogP contribution in [-0.2, 0) is 0 Å². The van der Waals surface area contributed by atoms with Crippen LogP contribution in [0.15, 0.2) is 28.9 Å². The lowest BCUT2D eigenvalue weighted by Crippen LogP contribution is -1.95. The van der Waals surface area contributed by atoms with E-state index in [4.69, 9.17) is 0 Å². The second-order valence-electron chi connectivity index (χ2n) is 2.38. The number of carbonyl (C=O) groups excluding carboxylic acids is 1. The van der Waals surface area contributed by atoms with Gasteiger partial charge in [0, 0.05) is 4.47 Å². The number of halogens is 1. The summed E-state index contributed by atoms with van der Waals surface area (Å²) in [6.07, 6.45) is 2.44. The SMILES string of the molecule is O=Cc1cc(Br)cc2ccnn12. The summed E-state index contributed by atoms with van der Waals surface area (Å²) in [7, 11) is 0. The molecule has 0 spiro atoms. The zero-order valence-corrected chi connectivity index (χ0v) is 7.65. The molecule has 2 aromatic heterocycles. The maximum absolute atomic E-state index is 10.6. The normalized spacial score (nSPS) is 10.4. The summed E-state index contributed by atoms with van der Waals surface area (Å²) >= 11 is 3.31. The Labute approximate surface area is 77.1 Å². The van der Waals surface area contributed by atoms with Crippen molar-refractivity contribution in [3.05, 3.63) is 34.6 Å². The Morgan fingerprint density at radius 1 is 1.50 bits per heavy atom. The van der Waals surface area contributed by atoms with Gasteiger partial charge in [-0.15, -0.1) is 0 Å². The van der Waals surface area contributed by atoms with Crippen molar-refractivity contribution in [1.82, 2.24) is 9.61 Å². The van der Waals surface area contributed by atoms with Crippen LogP contribution < -0.4 is 0 Å². The van der Waals surface area contributed by atoms with Crippen LogP contribution in [0.2, 0.25) is 0 Å². The van der Waals surface area contributed by atoms with Gasteiger partial charge in [0.1, 0.15) is 5.69 Å². The van der Waals surface area contributed by atoms with Crippen molar-refractivity contribution in [3.63, 3.8) is 0 Å². The molecule has 0 saturated heterocycles. The van der Waals surface area contributed by atoms with Gasteiger partial charge in [0.15, 0.2) is 6.29 Å². The Morgan fingerprint density at radius 3 is 3.08 bits per heavy atom. The highest BCUT2D eigenvalue weighted by Gasteiger charge is 2.00. The first kappa shape index (κ1) is 7.49. The van der Waals surface area contributed by atoms with Gasteiger partial charge in [-0.2, -0.15) is 5.10 Å². The molecule has 0 aliphatic rings. The van der Waals surface area contributed by atoms with Crippen LogP contribution in [0, 0.1) is 0 Å². The molecule has 0 fully saturated rings. The van der Waals surface area contributed by atoms with Gasteiger partial charge in [0.25, 0.3) is 0 Å². The van der Waals surface area contributed by atoms with E-state index in [-0.39, 0.29) is 0 Å². The lowest BCUT2D eigenvalue weighted by molar-refractivity contribution is 0.111. The number of aromatic nitrogens is 2. The monoisotopic (exact) mass is 224 g/mol. The molecule has 0 atom stereocenters. The molecule has 2 aromatic rings. The zero-order chi connectivity index (χ0) is 8.55. The van der Waals surface area contributed by atoms with Crippen molar-refractivity contribution in [1.29, 1.82) is 0 Å². The number of fused-ring (bicyclic) bond motifs is 1. The maximum atomic E-state index is 10.6. The summed E-state index contributed by atoms with van der Waals surface area (Å²) in [5.41, 5.74) is 1.45. The molecule has 0 radical (unpaired) electrons. The molecule has 0 unspecified atom stereocenters. The number of pyridine rings is 1. The quantitative estimate of drug-likeness (QED) is 0.694. The second kappa shape index (κ2) is 2.71. The van der Waals surface area contributed by atoms with E-state index in [1.807, 2.05) is 12.1 Å². The Hall–Kier alpha value is -1.16. The first-order valence-electron chi connectivity index (χ1n) is 3.40. The van der Waals surface area contributed by atoms with E-state index in [9.17, 15) is 4.79 Å². The number of hydrogen-bond acceptors (Lipinski definition) is 2. The van der Waals surface area contributed by atoms with Crippen molar-refractivity contribution >= 4 is 27.7 Å². The van der Waals surface area contributed by atoms with Crippen molar-refractivity contribution in [2.75, 3.05) is 0 Å². The van der Waals surface area contributed by atoms with Crippen LogP contribution in [0.4, 0.5) is 0 Å². The average Bonchev–Trinajstić information content (AvgIpc) is 2.50. The Bertz CT molecular complexity index is 436. The minimum Gasteiger partial charge on any atom is -0.296 e. The van der Waals surface area contributed by atoms with Crippen LogP contribution in [0.3, 0.4) is 0 Å². The first-order chi connectivity index (χ1) is 5.81. The molecule has 0 amide bonds. The zero-order valence-electron chi connectivity index (χ0n) is 6.07. The molecular formula is C8H5BrN2O. The predicted molar refractivity (Wildman–Crippen MR) is 48.3 cm³/mol. The first-order valence-corrected chi connectivity index (χ1v) is 4.19. The van der Waals surface area contributed by atoms with Crippen molar-refractivity contribution in [3.8, 4) is 0 Å². The van der Waals surface area contributed by atoms with Gasteiger partial charge in [-0.25, -0.2) is 4.52 Å². The fourth-order valence-corrected chi connectivity index (χ4v) is 1.58. The molecule has 3 nitrogen and oxygen atoms in total. The molecule has 0 bridgehead atoms. The second-order valence-corrected chi connectivity index (χ2v) is 3.30. The summed E-state index contributed by atoms with van der Waals surface area (Å²) in [5, 5.41) is 4.00. The highest BCUT2D eigenvalue weighted by atomic mass is 79.9. The highest BCUT2D eigenvalue weighted by molar-refractivity contribution is 9.10. The Balaban J connectivity index is 2.88. The third-order valence-corrected chi connectivity index (χ3v) is 2.07. The van der Waals surface area contributed by atoms with E-state index in [1.54, 1.807) is 16.8 Å². The topological polar surface area (TPSA) is 34.4 Å². The molecule has 4 heteroatoms. The molecule has 60 valence electrons. The number of hydrogen-bond donors (Lipinski definition) is 0. The van der Waals surface area contributed by atoms with Gasteiger partial charge in [-0.05, 0) is 18.2 Å². The molecule has 0 saturated carbocycles. The van der Waals surface area contributed by atoms with Crippen LogP contribution in [-0.4, -0.2) is 15.9 Å². The van der Waals surface area contributed by atoms with E-state index < -0.39 is 0 Å². The maximum Gasteiger partial charge on any atom is 0.168 e. The van der Waals surface area contributed by atoms with Crippen LogP contribution in [0.5, 0.6) is 0 Å². The minimum absolute atomic E-state index is 0.546. The average molecular weight is 225 g/mol. The highest BCUT2D eigenvalue weighted by Crippen LogP contribution is 2.14. The van der Waals surface area contributed by atoms with E-state index in [0.29, 0.717) is 5.69 Å². The van der Waals surface area contributed by atoms with Crippen LogP contribution >= 0.6 is 15.9 Å².